The fourth-order valence-electron chi connectivity index (χ4n) is 2.11. The van der Waals surface area contributed by atoms with Crippen LogP contribution < -0.4 is 5.32 Å². The summed E-state index contributed by atoms with van der Waals surface area (Å²) in [6.07, 6.45) is 2.12. The predicted octanol–water partition coefficient (Wildman–Crippen LogP) is 2.73. The smallest absolute Gasteiger partial charge is 0.129 e. The molecule has 0 aliphatic rings. The Hall–Kier alpha value is -1.75. The Morgan fingerprint density at radius 3 is 2.50 bits per heavy atom. The van der Waals surface area contributed by atoms with Crippen molar-refractivity contribution in [2.45, 2.75) is 32.9 Å². The van der Waals surface area contributed by atoms with Crippen LogP contribution in [0.5, 0.6) is 0 Å². The van der Waals surface area contributed by atoms with E-state index in [1.54, 1.807) is 10.9 Å². The lowest BCUT2D eigenvalue weighted by Crippen LogP contribution is -2.28. The van der Waals surface area contributed by atoms with Crippen LogP contribution in [0, 0.1) is 18.6 Å². The number of halogens is 2. The van der Waals surface area contributed by atoms with Crippen LogP contribution >= 0.6 is 0 Å². The van der Waals surface area contributed by atoms with Gasteiger partial charge in [0.15, 0.2) is 0 Å². The van der Waals surface area contributed by atoms with Gasteiger partial charge in [-0.05, 0) is 32.4 Å². The highest BCUT2D eigenvalue weighted by molar-refractivity contribution is 5.21. The highest BCUT2D eigenvalue weighted by Crippen LogP contribution is 2.14. The zero-order chi connectivity index (χ0) is 14.7. The van der Waals surface area contributed by atoms with Crippen molar-refractivity contribution in [1.29, 1.82) is 0 Å². The molecule has 1 aromatic carbocycles. The van der Waals surface area contributed by atoms with Crippen molar-refractivity contribution in [3.8, 4) is 0 Å². The Labute approximate surface area is 117 Å². The molecule has 0 aliphatic heterocycles. The summed E-state index contributed by atoms with van der Waals surface area (Å²) in [6.45, 7) is 4.54. The fraction of sp³-hybridized carbons (Fsp3) is 0.400. The predicted molar refractivity (Wildman–Crippen MR) is 74.3 cm³/mol. The van der Waals surface area contributed by atoms with E-state index in [4.69, 9.17) is 0 Å². The number of rotatable bonds is 5. The molecule has 0 saturated heterocycles. The summed E-state index contributed by atoms with van der Waals surface area (Å²) in [4.78, 5) is 0. The van der Waals surface area contributed by atoms with E-state index in [1.165, 1.54) is 18.2 Å². The molecule has 5 heteroatoms. The van der Waals surface area contributed by atoms with Crippen molar-refractivity contribution in [2.75, 3.05) is 0 Å². The van der Waals surface area contributed by atoms with Gasteiger partial charge in [0.05, 0.1) is 6.20 Å². The normalized spacial score (nSPS) is 12.7. The summed E-state index contributed by atoms with van der Waals surface area (Å²) in [6, 6.07) is 3.93. The van der Waals surface area contributed by atoms with E-state index in [0.717, 1.165) is 11.3 Å². The first kappa shape index (κ1) is 14.7. The molecule has 1 atom stereocenters. The van der Waals surface area contributed by atoms with Crippen LogP contribution in [0.25, 0.3) is 0 Å². The molecule has 0 fully saturated rings. The third-order valence-corrected chi connectivity index (χ3v) is 3.55. The van der Waals surface area contributed by atoms with Gasteiger partial charge in [0.2, 0.25) is 0 Å². The van der Waals surface area contributed by atoms with Crippen molar-refractivity contribution < 1.29 is 8.78 Å². The number of benzene rings is 1. The summed E-state index contributed by atoms with van der Waals surface area (Å²) in [7, 11) is 1.89. The second-order valence-electron chi connectivity index (χ2n) is 5.07. The lowest BCUT2D eigenvalue weighted by atomic mass is 10.1. The van der Waals surface area contributed by atoms with E-state index < -0.39 is 11.6 Å². The lowest BCUT2D eigenvalue weighted by Gasteiger charge is -2.14. The number of nitrogens with zero attached hydrogens (tertiary/aromatic N) is 2. The van der Waals surface area contributed by atoms with Crippen LogP contribution in [0.3, 0.4) is 0 Å². The monoisotopic (exact) mass is 279 g/mol. The van der Waals surface area contributed by atoms with E-state index in [1.807, 2.05) is 20.9 Å². The summed E-state index contributed by atoms with van der Waals surface area (Å²) in [5.41, 5.74) is 2.31. The third kappa shape index (κ3) is 3.22. The van der Waals surface area contributed by atoms with Crippen molar-refractivity contribution >= 4 is 0 Å². The lowest BCUT2D eigenvalue weighted by molar-refractivity contribution is 0.499. The molecule has 0 aliphatic carbocycles. The average molecular weight is 279 g/mol. The van der Waals surface area contributed by atoms with Gasteiger partial charge < -0.3 is 5.32 Å². The standard InChI is InChI=1S/C15H19F2N3/c1-10(7-13-14(16)5-4-6-15(13)17)18-8-12-9-19-20(3)11(12)2/h4-6,9-10,18H,7-8H2,1-3H3. The van der Waals surface area contributed by atoms with Crippen molar-refractivity contribution in [3.05, 3.63) is 52.9 Å². The molecule has 0 saturated carbocycles. The van der Waals surface area contributed by atoms with Gasteiger partial charge in [-0.15, -0.1) is 0 Å². The number of aryl methyl sites for hydroxylation is 1. The molecule has 3 nitrogen and oxygen atoms in total. The number of hydrogen-bond acceptors (Lipinski definition) is 2. The Balaban J connectivity index is 1.96. The molecule has 2 rings (SSSR count). The minimum Gasteiger partial charge on any atom is -0.310 e. The van der Waals surface area contributed by atoms with Gasteiger partial charge in [0.1, 0.15) is 11.6 Å². The zero-order valence-corrected chi connectivity index (χ0v) is 12.0. The molecule has 2 aromatic rings. The van der Waals surface area contributed by atoms with Gasteiger partial charge in [-0.2, -0.15) is 5.10 Å². The maximum atomic E-state index is 13.6. The van der Waals surface area contributed by atoms with Crippen molar-refractivity contribution in [2.24, 2.45) is 7.05 Å². The zero-order valence-electron chi connectivity index (χ0n) is 12.0. The highest BCUT2D eigenvalue weighted by atomic mass is 19.1. The highest BCUT2D eigenvalue weighted by Gasteiger charge is 2.13. The van der Waals surface area contributed by atoms with E-state index in [9.17, 15) is 8.78 Å². The summed E-state index contributed by atoms with van der Waals surface area (Å²) in [5, 5.41) is 7.43. The summed E-state index contributed by atoms with van der Waals surface area (Å²) < 4.78 is 28.9. The van der Waals surface area contributed by atoms with Gasteiger partial charge in [0, 0.05) is 36.5 Å². The first-order valence-electron chi connectivity index (χ1n) is 6.62. The van der Waals surface area contributed by atoms with Crippen LogP contribution in [0.4, 0.5) is 8.78 Å². The van der Waals surface area contributed by atoms with E-state index >= 15 is 0 Å². The maximum absolute atomic E-state index is 13.6. The van der Waals surface area contributed by atoms with Gasteiger partial charge in [-0.3, -0.25) is 4.68 Å². The molecule has 1 N–H and O–H groups in total. The van der Waals surface area contributed by atoms with Gasteiger partial charge in [0.25, 0.3) is 0 Å². The third-order valence-electron chi connectivity index (χ3n) is 3.55. The minimum atomic E-state index is -0.490. The van der Waals surface area contributed by atoms with E-state index in [-0.39, 0.29) is 11.6 Å². The first-order valence-corrected chi connectivity index (χ1v) is 6.62. The van der Waals surface area contributed by atoms with Crippen LogP contribution in [0.15, 0.2) is 24.4 Å². The molecular formula is C15H19F2N3. The van der Waals surface area contributed by atoms with Crippen LogP contribution in [0.2, 0.25) is 0 Å². The quantitative estimate of drug-likeness (QED) is 0.912. The molecule has 1 aromatic heterocycles. The van der Waals surface area contributed by atoms with Crippen molar-refractivity contribution in [3.63, 3.8) is 0 Å². The molecule has 108 valence electrons. The first-order chi connectivity index (χ1) is 9.49. The summed E-state index contributed by atoms with van der Waals surface area (Å²) >= 11 is 0. The molecule has 1 heterocycles. The molecule has 20 heavy (non-hydrogen) atoms. The van der Waals surface area contributed by atoms with E-state index in [2.05, 4.69) is 10.4 Å². The van der Waals surface area contributed by atoms with Gasteiger partial charge in [-0.1, -0.05) is 6.07 Å². The van der Waals surface area contributed by atoms with Gasteiger partial charge in [-0.25, -0.2) is 8.78 Å². The Bertz CT molecular complexity index is 573. The number of hydrogen-bond donors (Lipinski definition) is 1. The average Bonchev–Trinajstić information content (AvgIpc) is 2.72. The molecule has 0 radical (unpaired) electrons. The Kier molecular flexibility index (Phi) is 4.49. The van der Waals surface area contributed by atoms with Crippen LogP contribution in [-0.4, -0.2) is 15.8 Å². The largest absolute Gasteiger partial charge is 0.310 e. The maximum Gasteiger partial charge on any atom is 0.129 e. The summed E-state index contributed by atoms with van der Waals surface area (Å²) in [5.74, 6) is -0.979. The second kappa shape index (κ2) is 6.13. The SMILES string of the molecule is Cc1c(CNC(C)Cc2c(F)cccc2F)cnn1C. The Morgan fingerprint density at radius 1 is 1.30 bits per heavy atom. The number of nitrogens with one attached hydrogen (secondary N) is 1. The van der Waals surface area contributed by atoms with Crippen LogP contribution in [-0.2, 0) is 20.0 Å². The van der Waals surface area contributed by atoms with Gasteiger partial charge >= 0.3 is 0 Å². The fourth-order valence-corrected chi connectivity index (χ4v) is 2.11. The Morgan fingerprint density at radius 2 is 1.95 bits per heavy atom. The topological polar surface area (TPSA) is 29.9 Å². The molecule has 0 bridgehead atoms. The second-order valence-corrected chi connectivity index (χ2v) is 5.07. The van der Waals surface area contributed by atoms with Crippen LogP contribution in [0.1, 0.15) is 23.7 Å². The molecule has 0 amide bonds. The number of aromatic nitrogens is 2. The van der Waals surface area contributed by atoms with Crippen molar-refractivity contribution in [1.82, 2.24) is 15.1 Å². The van der Waals surface area contributed by atoms with E-state index in [0.29, 0.717) is 13.0 Å². The molecule has 0 spiro atoms. The molecular weight excluding hydrogens is 260 g/mol. The minimum absolute atomic E-state index is 0.0268. The molecule has 1 unspecified atom stereocenters.